The summed E-state index contributed by atoms with van der Waals surface area (Å²) < 4.78 is 43.8. The molecule has 0 bridgehead atoms. The average Bonchev–Trinajstić information content (AvgIpc) is 2.92. The quantitative estimate of drug-likeness (QED) is 0.0939. The first-order chi connectivity index (χ1) is 21.2. The normalized spacial score (nSPS) is 30.6. The van der Waals surface area contributed by atoms with Crippen molar-refractivity contribution in [2.24, 2.45) is 10.2 Å². The molecule has 21 heteroatoms. The van der Waals surface area contributed by atoms with Crippen LogP contribution >= 0.6 is 11.8 Å². The lowest BCUT2D eigenvalue weighted by Gasteiger charge is -2.47. The molecule has 10 atom stereocenters. The van der Waals surface area contributed by atoms with E-state index in [1.807, 2.05) is 0 Å². The lowest BCUT2D eigenvalue weighted by molar-refractivity contribution is -0.205. The summed E-state index contributed by atoms with van der Waals surface area (Å²) in [4.78, 5) is 77.0. The van der Waals surface area contributed by atoms with Gasteiger partial charge in [-0.1, -0.05) is 22.0 Å². The van der Waals surface area contributed by atoms with E-state index >= 15 is 0 Å². The highest BCUT2D eigenvalue weighted by molar-refractivity contribution is 8.00. The molecule has 0 aromatic rings. The molecule has 2 heterocycles. The van der Waals surface area contributed by atoms with E-state index < -0.39 is 109 Å². The zero-order valence-corrected chi connectivity index (χ0v) is 25.8. The third kappa shape index (κ3) is 11.0. The molecule has 2 rings (SSSR count). The molecule has 2 saturated heterocycles. The van der Waals surface area contributed by atoms with E-state index in [-0.39, 0.29) is 0 Å². The van der Waals surface area contributed by atoms with Crippen LogP contribution in [0.2, 0.25) is 0 Å². The molecule has 45 heavy (non-hydrogen) atoms. The summed E-state index contributed by atoms with van der Waals surface area (Å²) >= 11 is 0.691. The summed E-state index contributed by atoms with van der Waals surface area (Å²) in [6.07, 6.45) is -8.36. The van der Waals surface area contributed by atoms with E-state index in [2.05, 4.69) is 20.1 Å². The molecule has 0 aromatic heterocycles. The number of nitrogens with zero attached hydrogens (tertiary/aromatic N) is 6. The summed E-state index contributed by atoms with van der Waals surface area (Å²) in [5, 5.41) is 7.36. The number of rotatable bonds is 12. The average molecular weight is 661 g/mol. The van der Waals surface area contributed by atoms with Gasteiger partial charge in [-0.2, -0.15) is 0 Å². The number of thioether (sulfide) groups is 1. The van der Waals surface area contributed by atoms with Gasteiger partial charge in [0.1, 0.15) is 72.8 Å². The van der Waals surface area contributed by atoms with Gasteiger partial charge in [0.05, 0.1) is 0 Å². The fourth-order valence-corrected chi connectivity index (χ4v) is 5.92. The predicted molar refractivity (Wildman–Crippen MR) is 146 cm³/mol. The van der Waals surface area contributed by atoms with Crippen molar-refractivity contribution in [2.75, 3.05) is 13.2 Å². The molecule has 248 valence electrons. The van der Waals surface area contributed by atoms with Gasteiger partial charge >= 0.3 is 35.8 Å². The van der Waals surface area contributed by atoms with Gasteiger partial charge in [-0.05, 0) is 11.1 Å². The molecular formula is C24H32N6O14S. The van der Waals surface area contributed by atoms with Crippen LogP contribution < -0.4 is 0 Å². The van der Waals surface area contributed by atoms with E-state index in [1.54, 1.807) is 0 Å². The molecular weight excluding hydrogens is 628 g/mol. The maximum Gasteiger partial charge on any atom is 0.303 e. The smallest absolute Gasteiger partial charge is 0.303 e. The lowest BCUT2D eigenvalue weighted by atomic mass is 9.97. The van der Waals surface area contributed by atoms with E-state index in [4.69, 9.17) is 37.9 Å². The van der Waals surface area contributed by atoms with Gasteiger partial charge in [0.2, 0.25) is 0 Å². The molecule has 2 fully saturated rings. The number of carbonyl (C=O) groups is 6. The summed E-state index contributed by atoms with van der Waals surface area (Å²) in [6, 6.07) is -2.88. The maximum absolute atomic E-state index is 12.2. The molecule has 20 nitrogen and oxygen atoms in total. The monoisotopic (exact) mass is 660 g/mol. The van der Waals surface area contributed by atoms with Crippen molar-refractivity contribution < 1.29 is 66.7 Å². The molecule has 0 radical (unpaired) electrons. The van der Waals surface area contributed by atoms with Crippen molar-refractivity contribution in [3.05, 3.63) is 20.9 Å². The summed E-state index contributed by atoms with van der Waals surface area (Å²) in [5.74, 6) is -4.81. The first-order valence-electron chi connectivity index (χ1n) is 13.2. The van der Waals surface area contributed by atoms with Crippen molar-refractivity contribution in [1.82, 2.24) is 0 Å². The fraction of sp³-hybridized carbons (Fsp3) is 0.750. The van der Waals surface area contributed by atoms with E-state index in [1.165, 1.54) is 0 Å². The van der Waals surface area contributed by atoms with Crippen LogP contribution in [0.15, 0.2) is 10.2 Å². The minimum atomic E-state index is -1.49. The molecule has 4 unspecified atom stereocenters. The van der Waals surface area contributed by atoms with Gasteiger partial charge in [0.15, 0.2) is 0 Å². The number of carbonyl (C=O) groups excluding carboxylic acids is 6. The Morgan fingerprint density at radius 2 is 0.889 bits per heavy atom. The first kappa shape index (κ1) is 36.9. The van der Waals surface area contributed by atoms with Crippen LogP contribution in [0.3, 0.4) is 0 Å². The third-order valence-corrected chi connectivity index (χ3v) is 7.28. The second-order valence-corrected chi connectivity index (χ2v) is 10.7. The first-order valence-corrected chi connectivity index (χ1v) is 14.1. The molecule has 2 aliphatic heterocycles. The number of hydrogen-bond donors (Lipinski definition) is 0. The molecule has 0 spiro atoms. The Morgan fingerprint density at radius 1 is 0.578 bits per heavy atom. The Bertz CT molecular complexity index is 1150. The largest absolute Gasteiger partial charge is 0.463 e. The van der Waals surface area contributed by atoms with Gasteiger partial charge in [-0.3, -0.25) is 28.8 Å². The Hall–Kier alpha value is -4.29. The van der Waals surface area contributed by atoms with E-state index in [0.717, 1.165) is 41.5 Å². The summed E-state index contributed by atoms with van der Waals surface area (Å²) in [5.41, 5.74) is 15.9. The van der Waals surface area contributed by atoms with Crippen molar-refractivity contribution >= 4 is 47.6 Å². The minimum Gasteiger partial charge on any atom is -0.463 e. The Kier molecular flexibility index (Phi) is 14.2. The predicted octanol–water partition coefficient (Wildman–Crippen LogP) is 1.38. The zero-order valence-electron chi connectivity index (χ0n) is 25.0. The van der Waals surface area contributed by atoms with Gasteiger partial charge in [0.25, 0.3) is 0 Å². The third-order valence-electron chi connectivity index (χ3n) is 5.98. The van der Waals surface area contributed by atoms with Gasteiger partial charge in [0, 0.05) is 51.4 Å². The fourth-order valence-electron chi connectivity index (χ4n) is 4.50. The molecule has 0 aromatic carbocycles. The second-order valence-electron chi connectivity index (χ2n) is 9.51. The van der Waals surface area contributed by atoms with Crippen LogP contribution in [-0.4, -0.2) is 109 Å². The molecule has 0 amide bonds. The standard InChI is InChI=1S/C24H32N6O14S/c1-9(31)37-7-15-19(39-11(3)33)17(27-29-25)21(41-13(5)35)23(43-15)45-24-22(42-14(6)36)18(28-30-26)20(40-12(4)34)16(44-24)8-38-10(2)32/h15-24H,7-8H2,1-6H3/t15-,16?,17?,18?,19?,20+,21-,22+,23+,24+/m1/s1. The highest BCUT2D eigenvalue weighted by Gasteiger charge is 2.55. The van der Waals surface area contributed by atoms with Crippen LogP contribution in [-0.2, 0) is 66.7 Å². The minimum absolute atomic E-state index is 0.502. The SMILES string of the molecule is CC(=O)OCC1O[C@@H](S[C@@H]2O[C@H](COC(C)=O)C(OC(C)=O)C(N=[N+]=[N-])[C@H]2OC(C)=O)[C@@H](OC(C)=O)C(N=[N+]=[N-])[C@H]1OC(C)=O. The topological polar surface area (TPSA) is 274 Å². The number of esters is 6. The molecule has 0 aliphatic carbocycles. The molecule has 0 N–H and O–H groups in total. The highest BCUT2D eigenvalue weighted by Crippen LogP contribution is 2.41. The van der Waals surface area contributed by atoms with Gasteiger partial charge < -0.3 is 37.9 Å². The number of hydrogen-bond acceptors (Lipinski definition) is 17. The lowest BCUT2D eigenvalue weighted by Crippen LogP contribution is -2.62. The van der Waals surface area contributed by atoms with Crippen LogP contribution in [0.5, 0.6) is 0 Å². The second kappa shape index (κ2) is 17.3. The van der Waals surface area contributed by atoms with Gasteiger partial charge in [-0.15, -0.1) is 0 Å². The number of ether oxygens (including phenoxy) is 8. The zero-order chi connectivity index (χ0) is 33.8. The van der Waals surface area contributed by atoms with Crippen LogP contribution in [0.1, 0.15) is 41.5 Å². The Labute approximate surface area is 259 Å². The Morgan fingerprint density at radius 3 is 1.16 bits per heavy atom. The van der Waals surface area contributed by atoms with E-state index in [9.17, 15) is 39.8 Å². The van der Waals surface area contributed by atoms with Crippen LogP contribution in [0.4, 0.5) is 0 Å². The van der Waals surface area contributed by atoms with Crippen molar-refractivity contribution in [3.8, 4) is 0 Å². The summed E-state index contributed by atoms with van der Waals surface area (Å²) in [7, 11) is 0. The maximum atomic E-state index is 12.2. The van der Waals surface area contributed by atoms with Crippen molar-refractivity contribution in [1.29, 1.82) is 0 Å². The van der Waals surface area contributed by atoms with Crippen LogP contribution in [0.25, 0.3) is 20.9 Å². The highest BCUT2D eigenvalue weighted by atomic mass is 32.2. The molecule has 2 aliphatic rings. The van der Waals surface area contributed by atoms with Gasteiger partial charge in [-0.25, -0.2) is 0 Å². The number of azide groups is 2. The van der Waals surface area contributed by atoms with Crippen LogP contribution in [0, 0.1) is 0 Å². The molecule has 0 saturated carbocycles. The Balaban J connectivity index is 2.66. The van der Waals surface area contributed by atoms with E-state index in [0.29, 0.717) is 11.8 Å². The summed E-state index contributed by atoms with van der Waals surface area (Å²) in [6.45, 7) is 5.45. The van der Waals surface area contributed by atoms with Crippen molar-refractivity contribution in [3.63, 3.8) is 0 Å². The van der Waals surface area contributed by atoms with Crippen molar-refractivity contribution in [2.45, 2.75) is 101 Å².